The largest absolute Gasteiger partial charge is 0.300 e. The van der Waals surface area contributed by atoms with Gasteiger partial charge >= 0.3 is 0 Å². The van der Waals surface area contributed by atoms with Crippen LogP contribution in [0.15, 0.2) is 18.2 Å². The highest BCUT2D eigenvalue weighted by Crippen LogP contribution is 2.62. The van der Waals surface area contributed by atoms with Gasteiger partial charge in [-0.1, -0.05) is 64.6 Å². The summed E-state index contributed by atoms with van der Waals surface area (Å²) in [6, 6.07) is 7.36. The predicted molar refractivity (Wildman–Crippen MR) is 206 cm³/mol. The van der Waals surface area contributed by atoms with Gasteiger partial charge in [-0.2, -0.15) is 0 Å². The highest BCUT2D eigenvalue weighted by molar-refractivity contribution is 7.68. The summed E-state index contributed by atoms with van der Waals surface area (Å²) >= 11 is 0. The first-order chi connectivity index (χ1) is 22.4. The minimum absolute atomic E-state index is 0.500. The molecule has 3 aliphatic rings. The molecule has 2 saturated carbocycles. The molecule has 2 heteroatoms. The summed E-state index contributed by atoms with van der Waals surface area (Å²) < 4.78 is 0. The molecule has 2 unspecified atom stereocenters. The van der Waals surface area contributed by atoms with Crippen LogP contribution < -0.4 is 5.30 Å². The van der Waals surface area contributed by atoms with Crippen molar-refractivity contribution in [3.8, 4) is 22.3 Å². The maximum Gasteiger partial charge on any atom is 0.134 e. The van der Waals surface area contributed by atoms with Crippen LogP contribution in [-0.2, 0) is 4.79 Å². The van der Waals surface area contributed by atoms with E-state index in [9.17, 15) is 4.79 Å². The first-order valence-electron chi connectivity index (χ1n) is 19.0. The number of rotatable bonds is 5. The van der Waals surface area contributed by atoms with Gasteiger partial charge in [0.05, 0.1) is 0 Å². The van der Waals surface area contributed by atoms with Crippen LogP contribution in [0.2, 0.25) is 0 Å². The molecule has 6 rings (SSSR count). The Morgan fingerprint density at radius 1 is 0.468 bits per heavy atom. The second-order valence-electron chi connectivity index (χ2n) is 16.0. The minimum atomic E-state index is -0.579. The van der Waals surface area contributed by atoms with Gasteiger partial charge in [-0.25, -0.2) is 0 Å². The van der Waals surface area contributed by atoms with E-state index >= 15 is 0 Å². The number of carbonyl (C=O) groups is 1. The normalized spacial score (nSPS) is 23.0. The molecule has 3 aromatic carbocycles. The van der Waals surface area contributed by atoms with Crippen LogP contribution in [0.1, 0.15) is 133 Å². The Balaban J connectivity index is 1.73. The molecule has 3 fully saturated rings. The van der Waals surface area contributed by atoms with E-state index < -0.39 is 7.92 Å². The van der Waals surface area contributed by atoms with E-state index in [1.165, 1.54) is 142 Å². The fourth-order valence-corrected chi connectivity index (χ4v) is 14.6. The Kier molecular flexibility index (Phi) is 10.3. The lowest BCUT2D eigenvalue weighted by atomic mass is 9.82. The molecule has 0 spiro atoms. The Morgan fingerprint density at radius 2 is 0.787 bits per heavy atom. The Morgan fingerprint density at radius 3 is 1.13 bits per heavy atom. The van der Waals surface area contributed by atoms with Gasteiger partial charge in [0.2, 0.25) is 0 Å². The van der Waals surface area contributed by atoms with Crippen LogP contribution in [-0.4, -0.2) is 17.1 Å². The number of hydrogen-bond acceptors (Lipinski definition) is 1. The van der Waals surface area contributed by atoms with Crippen molar-refractivity contribution in [1.82, 2.24) is 0 Å². The minimum Gasteiger partial charge on any atom is -0.300 e. The molecule has 1 saturated heterocycles. The van der Waals surface area contributed by atoms with Gasteiger partial charge in [0.15, 0.2) is 0 Å². The highest BCUT2D eigenvalue weighted by Gasteiger charge is 2.46. The molecule has 1 heterocycles. The Labute approximate surface area is 288 Å². The van der Waals surface area contributed by atoms with Crippen LogP contribution >= 0.6 is 7.92 Å². The summed E-state index contributed by atoms with van der Waals surface area (Å²) in [4.78, 5) is 13.9. The van der Waals surface area contributed by atoms with Crippen LogP contribution in [0.5, 0.6) is 0 Å². The number of hydrogen-bond donors (Lipinski definition) is 0. The van der Waals surface area contributed by atoms with Crippen molar-refractivity contribution in [3.05, 3.63) is 73.8 Å². The molecule has 2 aliphatic carbocycles. The summed E-state index contributed by atoms with van der Waals surface area (Å²) in [5, 5.41) is 1.66. The second-order valence-corrected chi connectivity index (χ2v) is 18.6. The van der Waals surface area contributed by atoms with E-state index in [1.807, 2.05) is 0 Å². The number of Topliss-reactive ketones (excluding diaryl/α,β-unsaturated/α-hetero) is 1. The molecule has 47 heavy (non-hydrogen) atoms. The van der Waals surface area contributed by atoms with Crippen molar-refractivity contribution in [2.75, 3.05) is 0 Å². The third-order valence-electron chi connectivity index (χ3n) is 13.8. The van der Waals surface area contributed by atoms with Gasteiger partial charge in [-0.15, -0.1) is 0 Å². The van der Waals surface area contributed by atoms with E-state index in [2.05, 4.69) is 87.4 Å². The monoisotopic (exact) mass is 648 g/mol. The van der Waals surface area contributed by atoms with Gasteiger partial charge < -0.3 is 0 Å². The van der Waals surface area contributed by atoms with Crippen LogP contribution in [0, 0.1) is 81.1 Å². The van der Waals surface area contributed by atoms with Gasteiger partial charge in [0.25, 0.3) is 0 Å². The molecule has 0 radical (unpaired) electrons. The van der Waals surface area contributed by atoms with Crippen molar-refractivity contribution < 1.29 is 4.79 Å². The first-order valence-corrected chi connectivity index (χ1v) is 20.5. The molecular weight excluding hydrogens is 587 g/mol. The van der Waals surface area contributed by atoms with Gasteiger partial charge in [-0.3, -0.25) is 4.79 Å². The standard InChI is InChI=1S/C45H61OP/c1-26-28(3)32(7)43(33(8)29(26)4)39-22-17-23-40(44-34(9)30(5)27(2)31(6)35(44)10)45(39)47-41(36-18-13-11-14-19-36)24-38(46)25-42(47)37-20-15-12-16-21-37/h17,22-23,36-37,41-42H,11-16,18-21,24-25H2,1-10H3. The summed E-state index contributed by atoms with van der Waals surface area (Å²) in [6.45, 7) is 23.5. The second kappa shape index (κ2) is 13.9. The molecule has 0 bridgehead atoms. The van der Waals surface area contributed by atoms with E-state index in [4.69, 9.17) is 0 Å². The number of benzene rings is 3. The van der Waals surface area contributed by atoms with E-state index in [1.54, 1.807) is 5.30 Å². The lowest BCUT2D eigenvalue weighted by molar-refractivity contribution is -0.119. The summed E-state index contributed by atoms with van der Waals surface area (Å²) in [7, 11) is -0.579. The topological polar surface area (TPSA) is 17.1 Å². The zero-order chi connectivity index (χ0) is 33.7. The molecule has 0 amide bonds. The third kappa shape index (κ3) is 6.11. The highest BCUT2D eigenvalue weighted by atomic mass is 31.1. The van der Waals surface area contributed by atoms with E-state index in [-0.39, 0.29) is 0 Å². The summed E-state index contributed by atoms with van der Waals surface area (Å²) in [6.07, 6.45) is 14.9. The van der Waals surface area contributed by atoms with Gasteiger partial charge in [-0.05, 0) is 201 Å². The Bertz CT molecular complexity index is 1500. The van der Waals surface area contributed by atoms with Crippen LogP contribution in [0.25, 0.3) is 22.3 Å². The Hall–Kier alpha value is -2.24. The molecule has 0 N–H and O–H groups in total. The van der Waals surface area contributed by atoms with Crippen molar-refractivity contribution in [1.29, 1.82) is 0 Å². The fraction of sp³-hybridized carbons (Fsp3) is 0.578. The van der Waals surface area contributed by atoms with E-state index in [0.29, 0.717) is 28.9 Å². The SMILES string of the molecule is Cc1c(C)c(C)c(-c2cccc(-c3c(C)c(C)c(C)c(C)c3C)c2P2C(C3CCCCC3)CC(=O)CC2C2CCCCC2)c(C)c1C. The smallest absolute Gasteiger partial charge is 0.134 e. The van der Waals surface area contributed by atoms with E-state index in [0.717, 1.165) is 12.8 Å². The first kappa shape index (κ1) is 34.6. The summed E-state index contributed by atoms with van der Waals surface area (Å²) in [5.41, 5.74) is 21.3. The maximum atomic E-state index is 13.9. The maximum absolute atomic E-state index is 13.9. The fourth-order valence-electron chi connectivity index (χ4n) is 10.2. The molecule has 252 valence electrons. The lowest BCUT2D eigenvalue weighted by Gasteiger charge is -2.48. The lowest BCUT2D eigenvalue weighted by Crippen LogP contribution is -2.41. The van der Waals surface area contributed by atoms with Crippen molar-refractivity contribution >= 4 is 19.0 Å². The molecule has 3 aromatic rings. The molecule has 1 aliphatic heterocycles. The van der Waals surface area contributed by atoms with Crippen molar-refractivity contribution in [3.63, 3.8) is 0 Å². The quantitative estimate of drug-likeness (QED) is 0.252. The average Bonchev–Trinajstić information content (AvgIpc) is 3.09. The van der Waals surface area contributed by atoms with Gasteiger partial charge in [0.1, 0.15) is 5.78 Å². The number of ketones is 1. The van der Waals surface area contributed by atoms with Crippen LogP contribution in [0.3, 0.4) is 0 Å². The zero-order valence-corrected chi connectivity index (χ0v) is 32.3. The van der Waals surface area contributed by atoms with Crippen molar-refractivity contribution in [2.45, 2.75) is 158 Å². The molecule has 1 nitrogen and oxygen atoms in total. The van der Waals surface area contributed by atoms with Crippen molar-refractivity contribution in [2.24, 2.45) is 11.8 Å². The van der Waals surface area contributed by atoms with Crippen LogP contribution in [0.4, 0.5) is 0 Å². The van der Waals surface area contributed by atoms with Gasteiger partial charge in [0, 0.05) is 12.8 Å². The molecular formula is C45H61OP. The summed E-state index contributed by atoms with van der Waals surface area (Å²) in [5.74, 6) is 1.93. The number of carbonyl (C=O) groups excluding carboxylic acids is 1. The third-order valence-corrected chi connectivity index (χ3v) is 17.4. The predicted octanol–water partition coefficient (Wildman–Crippen LogP) is 12.5. The molecule has 2 atom stereocenters. The molecule has 0 aromatic heterocycles. The zero-order valence-electron chi connectivity index (χ0n) is 31.4. The average molecular weight is 649 g/mol.